The van der Waals surface area contributed by atoms with Crippen molar-refractivity contribution in [1.82, 2.24) is 29.3 Å². The van der Waals surface area contributed by atoms with Crippen LogP contribution in [0.15, 0.2) is 70.3 Å². The van der Waals surface area contributed by atoms with Crippen LogP contribution in [-0.4, -0.2) is 90.2 Å². The van der Waals surface area contributed by atoms with E-state index in [4.69, 9.17) is 4.74 Å². The van der Waals surface area contributed by atoms with Gasteiger partial charge in [-0.1, -0.05) is 35.5 Å². The summed E-state index contributed by atoms with van der Waals surface area (Å²) in [6.07, 6.45) is 0.311. The Kier molecular flexibility index (Phi) is 8.51. The van der Waals surface area contributed by atoms with E-state index in [0.29, 0.717) is 25.6 Å². The number of sulfonamides is 1. The zero-order chi connectivity index (χ0) is 30.7. The van der Waals surface area contributed by atoms with Crippen LogP contribution in [0.25, 0.3) is 22.5 Å². The first-order chi connectivity index (χ1) is 21.2. The quantitative estimate of drug-likeness (QED) is 0.267. The Bertz CT molecular complexity index is 1670. The lowest BCUT2D eigenvalue weighted by atomic mass is 10.1. The van der Waals surface area contributed by atoms with Gasteiger partial charge in [-0.2, -0.15) is 22.5 Å². The molecular weight excluding hydrogens is 599 g/mol. The summed E-state index contributed by atoms with van der Waals surface area (Å²) in [5.41, 5.74) is 1.92. The van der Waals surface area contributed by atoms with E-state index in [2.05, 4.69) is 29.5 Å². The first kappa shape index (κ1) is 30.0. The first-order valence-electron chi connectivity index (χ1n) is 14.2. The third-order valence-electron chi connectivity index (χ3n) is 7.64. The number of benzene rings is 2. The zero-order valence-corrected chi connectivity index (χ0v) is 24.5. The molecule has 11 nitrogen and oxygen atoms in total. The molecule has 232 valence electrons. The molecule has 0 aliphatic carbocycles. The number of para-hydroxylation sites is 1. The maximum absolute atomic E-state index is 13.4. The van der Waals surface area contributed by atoms with Gasteiger partial charge in [0.2, 0.25) is 21.8 Å². The van der Waals surface area contributed by atoms with Crippen LogP contribution >= 0.6 is 0 Å². The standard InChI is InChI=1S/C29H30F3N7O4S/c30-29(31,32)27-35-26(36-43-27)22-19-33-28(34-20-22)38-13-15-39(16-14-38)44(40,41)23-9-7-21(8-10-23)24-5-1-2-6-25(24)42-18-17-37-11-3-4-12-37/h1-2,5-10,19-20H,3-4,11-18H2. The lowest BCUT2D eigenvalue weighted by molar-refractivity contribution is -0.159. The monoisotopic (exact) mass is 629 g/mol. The summed E-state index contributed by atoms with van der Waals surface area (Å²) in [6.45, 7) is 4.77. The van der Waals surface area contributed by atoms with Gasteiger partial charge >= 0.3 is 12.1 Å². The number of ether oxygens (including phenoxy) is 1. The second-order valence-corrected chi connectivity index (χ2v) is 12.4. The Morgan fingerprint density at radius 2 is 1.55 bits per heavy atom. The van der Waals surface area contributed by atoms with Crippen molar-refractivity contribution in [2.45, 2.75) is 23.9 Å². The summed E-state index contributed by atoms with van der Waals surface area (Å²) in [4.78, 5) is 16.1. The largest absolute Gasteiger partial charge is 0.492 e. The van der Waals surface area contributed by atoms with Gasteiger partial charge in [-0.25, -0.2) is 18.4 Å². The van der Waals surface area contributed by atoms with E-state index in [-0.39, 0.29) is 29.4 Å². The third kappa shape index (κ3) is 6.54. The Morgan fingerprint density at radius 3 is 2.20 bits per heavy atom. The molecule has 0 amide bonds. The second-order valence-electron chi connectivity index (χ2n) is 10.5. The first-order valence-corrected chi connectivity index (χ1v) is 15.7. The average Bonchev–Trinajstić information content (AvgIpc) is 3.75. The van der Waals surface area contributed by atoms with Crippen molar-refractivity contribution >= 4 is 16.0 Å². The van der Waals surface area contributed by atoms with Crippen molar-refractivity contribution in [3.05, 3.63) is 66.8 Å². The van der Waals surface area contributed by atoms with E-state index >= 15 is 0 Å². The van der Waals surface area contributed by atoms with Gasteiger partial charge in [0, 0.05) is 50.7 Å². The molecule has 0 bridgehead atoms. The van der Waals surface area contributed by atoms with Crippen LogP contribution in [-0.2, 0) is 16.2 Å². The van der Waals surface area contributed by atoms with E-state index in [9.17, 15) is 21.6 Å². The molecule has 0 N–H and O–H groups in total. The highest BCUT2D eigenvalue weighted by atomic mass is 32.2. The molecule has 4 aromatic rings. The van der Waals surface area contributed by atoms with E-state index in [0.717, 1.165) is 36.5 Å². The maximum Gasteiger partial charge on any atom is 0.471 e. The molecule has 4 heterocycles. The van der Waals surface area contributed by atoms with Crippen LogP contribution in [0.1, 0.15) is 18.7 Å². The number of nitrogens with zero attached hydrogens (tertiary/aromatic N) is 7. The lowest BCUT2D eigenvalue weighted by Crippen LogP contribution is -2.49. The number of piperazine rings is 1. The van der Waals surface area contributed by atoms with Crippen LogP contribution in [0, 0.1) is 0 Å². The second kappa shape index (κ2) is 12.5. The molecule has 2 aliphatic heterocycles. The van der Waals surface area contributed by atoms with Gasteiger partial charge < -0.3 is 14.2 Å². The highest BCUT2D eigenvalue weighted by Gasteiger charge is 2.38. The van der Waals surface area contributed by atoms with Gasteiger partial charge in [0.15, 0.2) is 0 Å². The number of hydrogen-bond acceptors (Lipinski definition) is 10. The van der Waals surface area contributed by atoms with E-state index in [1.165, 1.54) is 29.5 Å². The Morgan fingerprint density at radius 1 is 0.864 bits per heavy atom. The molecule has 15 heteroatoms. The van der Waals surface area contributed by atoms with Crippen molar-refractivity contribution in [3.8, 4) is 28.3 Å². The average molecular weight is 630 g/mol. The normalized spacial score (nSPS) is 16.8. The molecule has 2 aromatic carbocycles. The summed E-state index contributed by atoms with van der Waals surface area (Å²) in [5, 5.41) is 3.33. The van der Waals surface area contributed by atoms with Gasteiger partial charge in [-0.15, -0.1) is 0 Å². The van der Waals surface area contributed by atoms with E-state index in [1.54, 1.807) is 29.2 Å². The highest BCUT2D eigenvalue weighted by Crippen LogP contribution is 2.32. The number of aromatic nitrogens is 4. The fourth-order valence-corrected chi connectivity index (χ4v) is 6.68. The smallest absolute Gasteiger partial charge is 0.471 e. The number of alkyl halides is 3. The summed E-state index contributed by atoms with van der Waals surface area (Å²) in [5.74, 6) is -0.655. The minimum Gasteiger partial charge on any atom is -0.492 e. The van der Waals surface area contributed by atoms with Crippen LogP contribution in [0.2, 0.25) is 0 Å². The van der Waals surface area contributed by atoms with Gasteiger partial charge in [-0.3, -0.25) is 4.90 Å². The van der Waals surface area contributed by atoms with Crippen LogP contribution < -0.4 is 9.64 Å². The SMILES string of the molecule is O=S(=O)(c1ccc(-c2ccccc2OCCN2CCCC2)cc1)N1CCN(c2ncc(-c3noc(C(F)(F)F)n3)cn2)CC1. The molecule has 6 rings (SSSR count). The topological polar surface area (TPSA) is 118 Å². The molecule has 0 unspecified atom stereocenters. The maximum atomic E-state index is 13.4. The van der Waals surface area contributed by atoms with E-state index < -0.39 is 22.1 Å². The van der Waals surface area contributed by atoms with Crippen LogP contribution in [0.4, 0.5) is 19.1 Å². The lowest BCUT2D eigenvalue weighted by Gasteiger charge is -2.34. The number of anilines is 1. The molecule has 2 aromatic heterocycles. The van der Waals surface area contributed by atoms with Crippen molar-refractivity contribution in [1.29, 1.82) is 0 Å². The van der Waals surface area contributed by atoms with Gasteiger partial charge in [0.25, 0.3) is 0 Å². The number of hydrogen-bond donors (Lipinski definition) is 0. The van der Waals surface area contributed by atoms with Crippen molar-refractivity contribution in [2.75, 3.05) is 57.3 Å². The predicted octanol–water partition coefficient (Wildman–Crippen LogP) is 4.20. The minimum absolute atomic E-state index is 0.161. The summed E-state index contributed by atoms with van der Waals surface area (Å²) in [7, 11) is -3.74. The molecule has 0 atom stereocenters. The van der Waals surface area contributed by atoms with Crippen molar-refractivity contribution in [2.24, 2.45) is 0 Å². The van der Waals surface area contributed by atoms with Gasteiger partial charge in [0.05, 0.1) is 10.5 Å². The summed E-state index contributed by atoms with van der Waals surface area (Å²) < 4.78 is 76.9. The summed E-state index contributed by atoms with van der Waals surface area (Å²) >= 11 is 0. The molecule has 0 spiro atoms. The van der Waals surface area contributed by atoms with Gasteiger partial charge in [-0.05, 0) is 49.7 Å². The minimum atomic E-state index is -4.75. The molecule has 0 radical (unpaired) electrons. The fraction of sp³-hybridized carbons (Fsp3) is 0.379. The fourth-order valence-electron chi connectivity index (χ4n) is 5.26. The Balaban J connectivity index is 1.06. The highest BCUT2D eigenvalue weighted by molar-refractivity contribution is 7.89. The molecule has 0 saturated carbocycles. The summed E-state index contributed by atoms with van der Waals surface area (Å²) in [6, 6.07) is 14.6. The predicted molar refractivity (Wildman–Crippen MR) is 154 cm³/mol. The number of rotatable bonds is 9. The van der Waals surface area contributed by atoms with Crippen LogP contribution in [0.3, 0.4) is 0 Å². The van der Waals surface area contributed by atoms with Crippen molar-refractivity contribution < 1.29 is 30.8 Å². The van der Waals surface area contributed by atoms with Gasteiger partial charge in [0.1, 0.15) is 12.4 Å². The Hall–Kier alpha value is -4.08. The molecule has 2 fully saturated rings. The number of likely N-dealkylation sites (tertiary alicyclic amines) is 1. The molecular formula is C29H30F3N7O4S. The molecule has 2 aliphatic rings. The van der Waals surface area contributed by atoms with Crippen LogP contribution in [0.5, 0.6) is 5.75 Å². The molecule has 44 heavy (non-hydrogen) atoms. The Labute approximate surface area is 252 Å². The number of halogens is 3. The third-order valence-corrected chi connectivity index (χ3v) is 9.55. The zero-order valence-electron chi connectivity index (χ0n) is 23.7. The van der Waals surface area contributed by atoms with E-state index in [1.807, 2.05) is 24.3 Å². The van der Waals surface area contributed by atoms with Crippen molar-refractivity contribution in [3.63, 3.8) is 0 Å². The molecule has 2 saturated heterocycles.